The Bertz CT molecular complexity index is 781. The summed E-state index contributed by atoms with van der Waals surface area (Å²) in [5.41, 5.74) is 3.74. The zero-order chi connectivity index (χ0) is 17.4. The Balaban J connectivity index is 1.91. The van der Waals surface area contributed by atoms with Crippen molar-refractivity contribution in [2.24, 2.45) is 7.05 Å². The highest BCUT2D eigenvalue weighted by atomic mass is 35.5. The third-order valence-electron chi connectivity index (χ3n) is 4.59. The molecule has 5 nitrogen and oxygen atoms in total. The largest absolute Gasteiger partial charge is 0.497 e. The van der Waals surface area contributed by atoms with Gasteiger partial charge in [-0.15, -0.1) is 0 Å². The lowest BCUT2D eigenvalue weighted by Gasteiger charge is -2.23. The minimum Gasteiger partial charge on any atom is -0.497 e. The molecule has 0 bridgehead atoms. The Hall–Kier alpha value is -2.01. The molecule has 1 aromatic heterocycles. The number of amides is 1. The number of hydrogen-bond donors (Lipinski definition) is 0. The third kappa shape index (κ3) is 3.26. The van der Waals surface area contributed by atoms with Crippen LogP contribution in [0.4, 0.5) is 0 Å². The number of aryl methyl sites for hydroxylation is 2. The van der Waals surface area contributed by atoms with Crippen molar-refractivity contribution in [3.05, 3.63) is 45.7 Å². The molecule has 1 saturated carbocycles. The molecular weight excluding hydrogens is 326 g/mol. The van der Waals surface area contributed by atoms with Crippen LogP contribution in [-0.4, -0.2) is 33.7 Å². The molecule has 1 aliphatic rings. The fourth-order valence-corrected chi connectivity index (χ4v) is 3.16. The highest BCUT2D eigenvalue weighted by Gasteiger charge is 2.34. The van der Waals surface area contributed by atoms with Crippen molar-refractivity contribution in [1.82, 2.24) is 14.7 Å². The first-order valence-electron chi connectivity index (χ1n) is 8.05. The molecule has 24 heavy (non-hydrogen) atoms. The molecule has 0 aliphatic heterocycles. The Morgan fingerprint density at radius 2 is 2.08 bits per heavy atom. The predicted octanol–water partition coefficient (Wildman–Crippen LogP) is 3.50. The monoisotopic (exact) mass is 347 g/mol. The van der Waals surface area contributed by atoms with Crippen LogP contribution in [0.25, 0.3) is 0 Å². The summed E-state index contributed by atoms with van der Waals surface area (Å²) in [6, 6.07) is 5.44. The van der Waals surface area contributed by atoms with Gasteiger partial charge in [0, 0.05) is 41.5 Å². The van der Waals surface area contributed by atoms with Crippen LogP contribution in [0.2, 0.25) is 5.02 Å². The van der Waals surface area contributed by atoms with Gasteiger partial charge in [0.2, 0.25) is 0 Å². The number of benzene rings is 1. The van der Waals surface area contributed by atoms with Gasteiger partial charge in [0.15, 0.2) is 0 Å². The second-order valence-electron chi connectivity index (χ2n) is 6.32. The van der Waals surface area contributed by atoms with Gasteiger partial charge in [0.1, 0.15) is 5.75 Å². The zero-order valence-electron chi connectivity index (χ0n) is 14.5. The minimum absolute atomic E-state index is 0.0130. The minimum atomic E-state index is -0.0130. The molecule has 2 aromatic rings. The van der Waals surface area contributed by atoms with Crippen molar-refractivity contribution in [3.8, 4) is 5.75 Å². The fraction of sp³-hybridized carbons (Fsp3) is 0.444. The molecule has 0 unspecified atom stereocenters. The Morgan fingerprint density at radius 3 is 2.62 bits per heavy atom. The van der Waals surface area contributed by atoms with Gasteiger partial charge in [-0.3, -0.25) is 9.48 Å². The van der Waals surface area contributed by atoms with Crippen molar-refractivity contribution < 1.29 is 9.53 Å². The van der Waals surface area contributed by atoms with Crippen LogP contribution in [0, 0.1) is 13.8 Å². The maximum Gasteiger partial charge on any atom is 0.254 e. The van der Waals surface area contributed by atoms with Crippen LogP contribution in [-0.2, 0) is 13.6 Å². The number of carbonyl (C=O) groups is 1. The van der Waals surface area contributed by atoms with Crippen LogP contribution >= 0.6 is 11.6 Å². The Kier molecular flexibility index (Phi) is 4.54. The van der Waals surface area contributed by atoms with Crippen molar-refractivity contribution in [1.29, 1.82) is 0 Å². The van der Waals surface area contributed by atoms with Gasteiger partial charge in [-0.1, -0.05) is 11.6 Å². The fourth-order valence-electron chi connectivity index (χ4n) is 2.94. The molecule has 3 rings (SSSR count). The van der Waals surface area contributed by atoms with E-state index in [2.05, 4.69) is 5.10 Å². The third-order valence-corrected chi connectivity index (χ3v) is 4.81. The van der Waals surface area contributed by atoms with Crippen molar-refractivity contribution in [2.45, 2.75) is 39.3 Å². The first-order chi connectivity index (χ1) is 11.4. The van der Waals surface area contributed by atoms with Crippen LogP contribution in [0.3, 0.4) is 0 Å². The molecule has 0 radical (unpaired) electrons. The van der Waals surface area contributed by atoms with Gasteiger partial charge in [0.25, 0.3) is 5.91 Å². The summed E-state index contributed by atoms with van der Waals surface area (Å²) >= 11 is 6.12. The molecule has 0 atom stereocenters. The van der Waals surface area contributed by atoms with Crippen LogP contribution < -0.4 is 4.74 Å². The van der Waals surface area contributed by atoms with E-state index in [0.717, 1.165) is 29.8 Å². The standard InChI is InChI=1S/C18H22ClN3O2/c1-11-17(12(2)21(3)20-11)10-22(15-5-6-15)18(23)13-7-14(19)9-16(8-13)24-4/h7-9,15H,5-6,10H2,1-4H3. The Labute approximate surface area is 147 Å². The quantitative estimate of drug-likeness (QED) is 0.831. The number of aromatic nitrogens is 2. The van der Waals surface area contributed by atoms with E-state index in [0.29, 0.717) is 28.9 Å². The van der Waals surface area contributed by atoms with Gasteiger partial charge in [-0.05, 0) is 44.9 Å². The van der Waals surface area contributed by atoms with Crippen LogP contribution in [0.15, 0.2) is 18.2 Å². The number of ether oxygens (including phenoxy) is 1. The number of halogens is 1. The molecule has 0 N–H and O–H groups in total. The second-order valence-corrected chi connectivity index (χ2v) is 6.75. The summed E-state index contributed by atoms with van der Waals surface area (Å²) in [5.74, 6) is 0.580. The lowest BCUT2D eigenvalue weighted by molar-refractivity contribution is 0.0729. The number of hydrogen-bond acceptors (Lipinski definition) is 3. The average molecular weight is 348 g/mol. The predicted molar refractivity (Wildman–Crippen MR) is 93.6 cm³/mol. The molecule has 0 spiro atoms. The van der Waals surface area contributed by atoms with E-state index in [1.165, 1.54) is 0 Å². The summed E-state index contributed by atoms with van der Waals surface area (Å²) in [6.07, 6.45) is 2.09. The molecule has 1 aromatic carbocycles. The number of carbonyl (C=O) groups excluding carboxylic acids is 1. The molecule has 128 valence electrons. The highest BCUT2D eigenvalue weighted by Crippen LogP contribution is 2.32. The summed E-state index contributed by atoms with van der Waals surface area (Å²) in [7, 11) is 3.50. The van der Waals surface area contributed by atoms with Crippen LogP contribution in [0.1, 0.15) is 40.2 Å². The van der Waals surface area contributed by atoms with E-state index in [-0.39, 0.29) is 5.91 Å². The molecule has 1 heterocycles. The van der Waals surface area contributed by atoms with Gasteiger partial charge < -0.3 is 9.64 Å². The van der Waals surface area contributed by atoms with E-state index >= 15 is 0 Å². The van der Waals surface area contributed by atoms with Crippen molar-refractivity contribution >= 4 is 17.5 Å². The molecular formula is C18H22ClN3O2. The molecule has 1 amide bonds. The van der Waals surface area contributed by atoms with E-state index in [9.17, 15) is 4.79 Å². The van der Waals surface area contributed by atoms with Crippen LogP contribution in [0.5, 0.6) is 5.75 Å². The van der Waals surface area contributed by atoms with Crippen molar-refractivity contribution in [3.63, 3.8) is 0 Å². The van der Waals surface area contributed by atoms with E-state index in [1.807, 2.05) is 30.5 Å². The summed E-state index contributed by atoms with van der Waals surface area (Å²) < 4.78 is 7.10. The molecule has 1 fully saturated rings. The number of methoxy groups -OCH3 is 1. The molecule has 6 heteroatoms. The molecule has 0 saturated heterocycles. The first kappa shape index (κ1) is 16.8. The topological polar surface area (TPSA) is 47.4 Å². The highest BCUT2D eigenvalue weighted by molar-refractivity contribution is 6.31. The molecule has 1 aliphatic carbocycles. The maximum atomic E-state index is 13.1. The van der Waals surface area contributed by atoms with E-state index in [4.69, 9.17) is 16.3 Å². The second kappa shape index (κ2) is 6.48. The zero-order valence-corrected chi connectivity index (χ0v) is 15.2. The van der Waals surface area contributed by atoms with Gasteiger partial charge in [-0.2, -0.15) is 5.10 Å². The van der Waals surface area contributed by atoms with E-state index in [1.54, 1.807) is 25.3 Å². The SMILES string of the molecule is COc1cc(Cl)cc(C(=O)N(Cc2c(C)nn(C)c2C)C2CC2)c1. The summed E-state index contributed by atoms with van der Waals surface area (Å²) in [4.78, 5) is 15.0. The smallest absolute Gasteiger partial charge is 0.254 e. The lowest BCUT2D eigenvalue weighted by Crippen LogP contribution is -2.33. The number of rotatable bonds is 5. The average Bonchev–Trinajstić information content (AvgIpc) is 3.35. The number of nitrogens with zero attached hydrogens (tertiary/aromatic N) is 3. The van der Waals surface area contributed by atoms with Gasteiger partial charge in [0.05, 0.1) is 12.8 Å². The van der Waals surface area contributed by atoms with Gasteiger partial charge >= 0.3 is 0 Å². The van der Waals surface area contributed by atoms with E-state index < -0.39 is 0 Å². The van der Waals surface area contributed by atoms with Crippen molar-refractivity contribution in [2.75, 3.05) is 7.11 Å². The maximum absolute atomic E-state index is 13.1. The van der Waals surface area contributed by atoms with Gasteiger partial charge in [-0.25, -0.2) is 0 Å². The normalized spacial score (nSPS) is 13.9. The Morgan fingerprint density at radius 1 is 1.38 bits per heavy atom. The summed E-state index contributed by atoms with van der Waals surface area (Å²) in [6.45, 7) is 4.59. The first-order valence-corrected chi connectivity index (χ1v) is 8.43. The lowest BCUT2D eigenvalue weighted by atomic mass is 10.1. The summed E-state index contributed by atoms with van der Waals surface area (Å²) in [5, 5.41) is 4.96.